The summed E-state index contributed by atoms with van der Waals surface area (Å²) >= 11 is 0. The second kappa shape index (κ2) is 9.20. The lowest BCUT2D eigenvalue weighted by Gasteiger charge is -2.21. The van der Waals surface area contributed by atoms with Gasteiger partial charge >= 0.3 is 12.1 Å². The van der Waals surface area contributed by atoms with Crippen LogP contribution < -0.4 is 10.6 Å². The highest BCUT2D eigenvalue weighted by molar-refractivity contribution is 5.97. The van der Waals surface area contributed by atoms with Gasteiger partial charge in [0.25, 0.3) is 0 Å². The molecule has 0 atom stereocenters. The molecule has 21 heavy (non-hydrogen) atoms. The van der Waals surface area contributed by atoms with E-state index in [9.17, 15) is 9.59 Å². The highest BCUT2D eigenvalue weighted by Crippen LogP contribution is 2.06. The number of carbonyl (C=O) groups excluding carboxylic acids is 2. The molecule has 0 heterocycles. The Morgan fingerprint density at radius 2 is 1.86 bits per heavy atom. The summed E-state index contributed by atoms with van der Waals surface area (Å²) in [7, 11) is 1.66. The molecule has 0 aliphatic rings. The first-order chi connectivity index (χ1) is 9.69. The zero-order chi connectivity index (χ0) is 16.5. The highest BCUT2D eigenvalue weighted by Gasteiger charge is 2.16. The predicted octanol–water partition coefficient (Wildman–Crippen LogP) is 1.98. The van der Waals surface area contributed by atoms with Crippen molar-refractivity contribution in [2.75, 3.05) is 26.7 Å². The van der Waals surface area contributed by atoms with E-state index < -0.39 is 11.7 Å². The number of rotatable bonds is 5. The summed E-state index contributed by atoms with van der Waals surface area (Å²) in [4.78, 5) is 29.0. The standard InChI is InChI=1S/C14H28N4O3/c1-7-11(15-8-2)17-12(19)18(6)10-9-16-13(20)21-14(3,4)5/h7-10H2,1-6H3,(H,16,20)(H,15,17,19). The maximum atomic E-state index is 11.9. The number of hydrogen-bond acceptors (Lipinski definition) is 4. The maximum absolute atomic E-state index is 11.9. The van der Waals surface area contributed by atoms with E-state index >= 15 is 0 Å². The Morgan fingerprint density at radius 1 is 1.24 bits per heavy atom. The molecule has 0 aromatic rings. The van der Waals surface area contributed by atoms with Crippen molar-refractivity contribution in [2.24, 2.45) is 4.99 Å². The molecule has 0 rings (SSSR count). The number of ether oxygens (including phenoxy) is 1. The molecule has 0 unspecified atom stereocenters. The van der Waals surface area contributed by atoms with E-state index in [1.165, 1.54) is 4.90 Å². The molecule has 7 nitrogen and oxygen atoms in total. The van der Waals surface area contributed by atoms with E-state index in [-0.39, 0.29) is 6.03 Å². The van der Waals surface area contributed by atoms with Gasteiger partial charge in [-0.2, -0.15) is 0 Å². The van der Waals surface area contributed by atoms with Gasteiger partial charge in [0.05, 0.1) is 0 Å². The van der Waals surface area contributed by atoms with Gasteiger partial charge in [0.1, 0.15) is 11.4 Å². The van der Waals surface area contributed by atoms with Gasteiger partial charge in [0.15, 0.2) is 0 Å². The quantitative estimate of drug-likeness (QED) is 0.601. The minimum Gasteiger partial charge on any atom is -0.444 e. The minimum atomic E-state index is -0.528. The molecule has 0 bridgehead atoms. The zero-order valence-corrected chi connectivity index (χ0v) is 13.9. The highest BCUT2D eigenvalue weighted by atomic mass is 16.6. The van der Waals surface area contributed by atoms with E-state index in [4.69, 9.17) is 4.74 Å². The average Bonchev–Trinajstić information content (AvgIpc) is 2.35. The Labute approximate surface area is 127 Å². The topological polar surface area (TPSA) is 83.0 Å². The van der Waals surface area contributed by atoms with Crippen LogP contribution in [-0.4, -0.2) is 55.1 Å². The van der Waals surface area contributed by atoms with Gasteiger partial charge in [-0.1, -0.05) is 6.92 Å². The van der Waals surface area contributed by atoms with Crippen LogP contribution in [0, 0.1) is 0 Å². The molecule has 0 spiro atoms. The molecular weight excluding hydrogens is 272 g/mol. The van der Waals surface area contributed by atoms with E-state index in [0.29, 0.717) is 31.9 Å². The monoisotopic (exact) mass is 300 g/mol. The molecule has 7 heteroatoms. The number of carbonyl (C=O) groups is 2. The van der Waals surface area contributed by atoms with Gasteiger partial charge in [-0.05, 0) is 27.7 Å². The summed E-state index contributed by atoms with van der Waals surface area (Å²) in [6.45, 7) is 10.6. The van der Waals surface area contributed by atoms with Crippen molar-refractivity contribution in [1.29, 1.82) is 0 Å². The van der Waals surface area contributed by atoms with Crippen LogP contribution >= 0.6 is 0 Å². The number of alkyl carbamates (subject to hydrolysis) is 1. The van der Waals surface area contributed by atoms with Crippen LogP contribution in [-0.2, 0) is 4.74 Å². The van der Waals surface area contributed by atoms with Gasteiger partial charge < -0.3 is 15.0 Å². The predicted molar refractivity (Wildman–Crippen MR) is 83.7 cm³/mol. The molecule has 0 aliphatic heterocycles. The number of amidine groups is 1. The summed E-state index contributed by atoms with van der Waals surface area (Å²) in [5.41, 5.74) is -0.528. The van der Waals surface area contributed by atoms with Crippen molar-refractivity contribution < 1.29 is 14.3 Å². The normalized spacial score (nSPS) is 11.8. The third-order valence-electron chi connectivity index (χ3n) is 2.40. The van der Waals surface area contributed by atoms with Crippen molar-refractivity contribution in [2.45, 2.75) is 46.6 Å². The van der Waals surface area contributed by atoms with E-state index in [0.717, 1.165) is 0 Å². The summed E-state index contributed by atoms with van der Waals surface area (Å²) in [5.74, 6) is 0.662. The molecule has 0 fully saturated rings. The summed E-state index contributed by atoms with van der Waals surface area (Å²) in [6, 6.07) is -0.241. The number of likely N-dealkylation sites (N-methyl/N-ethyl adjacent to an activating group) is 1. The molecule has 3 amide bonds. The Balaban J connectivity index is 4.09. The van der Waals surface area contributed by atoms with Crippen LogP contribution in [0.1, 0.15) is 41.0 Å². The average molecular weight is 300 g/mol. The molecular formula is C14H28N4O3. The van der Waals surface area contributed by atoms with Crippen LogP contribution in [0.4, 0.5) is 9.59 Å². The Morgan fingerprint density at radius 3 is 2.33 bits per heavy atom. The molecule has 122 valence electrons. The SMILES string of the molecule is CC/N=C(\CC)NC(=O)N(C)CCNC(=O)OC(C)(C)C. The van der Waals surface area contributed by atoms with E-state index in [1.807, 2.05) is 13.8 Å². The molecule has 0 radical (unpaired) electrons. The first kappa shape index (κ1) is 19.2. The van der Waals surface area contributed by atoms with Crippen LogP contribution in [0.25, 0.3) is 0 Å². The van der Waals surface area contributed by atoms with Gasteiger partial charge in [-0.15, -0.1) is 0 Å². The van der Waals surface area contributed by atoms with Crippen LogP contribution in [0.5, 0.6) is 0 Å². The number of aliphatic imine (C=N–C) groups is 1. The van der Waals surface area contributed by atoms with Crippen molar-refractivity contribution in [3.8, 4) is 0 Å². The number of hydrogen-bond donors (Lipinski definition) is 2. The fraction of sp³-hybridized carbons (Fsp3) is 0.786. The summed E-state index contributed by atoms with van der Waals surface area (Å²) in [5, 5.41) is 5.34. The minimum absolute atomic E-state index is 0.241. The van der Waals surface area contributed by atoms with Gasteiger partial charge in [0, 0.05) is 33.1 Å². The largest absolute Gasteiger partial charge is 0.444 e. The third kappa shape index (κ3) is 9.70. The molecule has 0 aromatic carbocycles. The van der Waals surface area contributed by atoms with Crippen molar-refractivity contribution in [1.82, 2.24) is 15.5 Å². The van der Waals surface area contributed by atoms with Crippen molar-refractivity contribution >= 4 is 18.0 Å². The number of nitrogens with one attached hydrogen (secondary N) is 2. The Kier molecular flexibility index (Phi) is 8.42. The first-order valence-corrected chi connectivity index (χ1v) is 7.21. The molecule has 0 saturated carbocycles. The molecule has 0 aliphatic carbocycles. The first-order valence-electron chi connectivity index (χ1n) is 7.21. The molecule has 2 N–H and O–H groups in total. The van der Waals surface area contributed by atoms with Crippen molar-refractivity contribution in [3.05, 3.63) is 0 Å². The lowest BCUT2D eigenvalue weighted by molar-refractivity contribution is 0.0524. The van der Waals surface area contributed by atoms with Crippen LogP contribution in [0.15, 0.2) is 4.99 Å². The van der Waals surface area contributed by atoms with Crippen LogP contribution in [0.2, 0.25) is 0 Å². The van der Waals surface area contributed by atoms with Gasteiger partial charge in [-0.25, -0.2) is 9.59 Å². The smallest absolute Gasteiger partial charge is 0.407 e. The molecule has 0 aromatic heterocycles. The molecule has 0 saturated heterocycles. The third-order valence-corrected chi connectivity index (χ3v) is 2.40. The van der Waals surface area contributed by atoms with E-state index in [2.05, 4.69) is 15.6 Å². The lowest BCUT2D eigenvalue weighted by Crippen LogP contribution is -2.44. The fourth-order valence-electron chi connectivity index (χ4n) is 1.39. The Bertz CT molecular complexity index is 375. The second-order valence-corrected chi connectivity index (χ2v) is 5.55. The van der Waals surface area contributed by atoms with E-state index in [1.54, 1.807) is 27.8 Å². The van der Waals surface area contributed by atoms with Crippen molar-refractivity contribution in [3.63, 3.8) is 0 Å². The van der Waals surface area contributed by atoms with Gasteiger partial charge in [0.2, 0.25) is 0 Å². The Hall–Kier alpha value is -1.79. The maximum Gasteiger partial charge on any atom is 0.407 e. The lowest BCUT2D eigenvalue weighted by atomic mass is 10.2. The summed E-state index contributed by atoms with van der Waals surface area (Å²) < 4.78 is 5.11. The van der Waals surface area contributed by atoms with Crippen LogP contribution in [0.3, 0.4) is 0 Å². The van der Waals surface area contributed by atoms with Gasteiger partial charge in [-0.3, -0.25) is 10.3 Å². The number of nitrogens with zero attached hydrogens (tertiary/aromatic N) is 2. The fourth-order valence-corrected chi connectivity index (χ4v) is 1.39. The number of amides is 3. The summed E-state index contributed by atoms with van der Waals surface area (Å²) in [6.07, 6.45) is 0.182. The number of urea groups is 1. The zero-order valence-electron chi connectivity index (χ0n) is 13.9. The second-order valence-electron chi connectivity index (χ2n) is 5.55.